The van der Waals surface area contributed by atoms with Crippen LogP contribution in [-0.4, -0.2) is 13.6 Å². The molecule has 1 aromatic carbocycles. The first kappa shape index (κ1) is 9.75. The Labute approximate surface area is 87.1 Å². The summed E-state index contributed by atoms with van der Waals surface area (Å²) in [5.41, 5.74) is 0.658. The highest BCUT2D eigenvalue weighted by atomic mass is 19.1. The predicted molar refractivity (Wildman–Crippen MR) is 57.0 cm³/mol. The van der Waals surface area contributed by atoms with E-state index in [2.05, 4.69) is 17.2 Å². The summed E-state index contributed by atoms with van der Waals surface area (Å²) in [7, 11) is 1.82. The smallest absolute Gasteiger partial charge is 0.178 e. The van der Waals surface area contributed by atoms with Crippen molar-refractivity contribution >= 4 is 11.0 Å². The molecule has 3 heteroatoms. The SMILES string of the molecule is CNCC#Cc1cc2cc(F)ccc2o1. The minimum absolute atomic E-state index is 0.266. The van der Waals surface area contributed by atoms with Gasteiger partial charge in [0, 0.05) is 11.5 Å². The Hall–Kier alpha value is -1.79. The molecule has 0 saturated carbocycles. The number of nitrogens with one attached hydrogen (secondary N) is 1. The maximum atomic E-state index is 12.9. The second kappa shape index (κ2) is 4.16. The summed E-state index contributed by atoms with van der Waals surface area (Å²) in [6, 6.07) is 6.15. The largest absolute Gasteiger partial charge is 0.448 e. The Bertz CT molecular complexity index is 533. The molecular weight excluding hydrogens is 193 g/mol. The molecule has 0 unspecified atom stereocenters. The molecule has 2 aromatic rings. The second-order valence-corrected chi connectivity index (χ2v) is 3.12. The molecule has 2 nitrogen and oxygen atoms in total. The fraction of sp³-hybridized carbons (Fsp3) is 0.167. The van der Waals surface area contributed by atoms with E-state index in [0.29, 0.717) is 17.9 Å². The van der Waals surface area contributed by atoms with Gasteiger partial charge in [-0.1, -0.05) is 5.92 Å². The molecule has 1 N–H and O–H groups in total. The lowest BCUT2D eigenvalue weighted by Crippen LogP contribution is -2.04. The van der Waals surface area contributed by atoms with Crippen molar-refractivity contribution in [1.29, 1.82) is 0 Å². The number of hydrogen-bond donors (Lipinski definition) is 1. The fourth-order valence-electron chi connectivity index (χ4n) is 1.30. The van der Waals surface area contributed by atoms with E-state index in [9.17, 15) is 4.39 Å². The molecular formula is C12H10FNO. The van der Waals surface area contributed by atoms with Gasteiger partial charge in [0.1, 0.15) is 11.4 Å². The molecule has 1 heterocycles. The molecule has 0 bridgehead atoms. The number of hydrogen-bond acceptors (Lipinski definition) is 2. The van der Waals surface area contributed by atoms with Gasteiger partial charge in [0.15, 0.2) is 5.76 Å². The van der Waals surface area contributed by atoms with E-state index in [0.717, 1.165) is 5.39 Å². The Morgan fingerprint density at radius 2 is 2.27 bits per heavy atom. The van der Waals surface area contributed by atoms with Gasteiger partial charge in [-0.2, -0.15) is 0 Å². The Morgan fingerprint density at radius 1 is 1.40 bits per heavy atom. The van der Waals surface area contributed by atoms with E-state index in [4.69, 9.17) is 4.42 Å². The average molecular weight is 203 g/mol. The molecule has 15 heavy (non-hydrogen) atoms. The van der Waals surface area contributed by atoms with Gasteiger partial charge in [0.25, 0.3) is 0 Å². The van der Waals surface area contributed by atoms with Crippen molar-refractivity contribution in [2.24, 2.45) is 0 Å². The summed E-state index contributed by atoms with van der Waals surface area (Å²) < 4.78 is 18.3. The first-order chi connectivity index (χ1) is 7.29. The van der Waals surface area contributed by atoms with Gasteiger partial charge in [-0.25, -0.2) is 4.39 Å². The van der Waals surface area contributed by atoms with Crippen LogP contribution in [-0.2, 0) is 0 Å². The van der Waals surface area contributed by atoms with E-state index in [1.807, 2.05) is 7.05 Å². The van der Waals surface area contributed by atoms with E-state index >= 15 is 0 Å². The lowest BCUT2D eigenvalue weighted by Gasteiger charge is -1.86. The molecule has 0 amide bonds. The van der Waals surface area contributed by atoms with Crippen LogP contribution in [0.3, 0.4) is 0 Å². The van der Waals surface area contributed by atoms with E-state index in [-0.39, 0.29) is 5.82 Å². The van der Waals surface area contributed by atoms with Crippen LogP contribution in [0.1, 0.15) is 5.76 Å². The maximum absolute atomic E-state index is 12.9. The van der Waals surface area contributed by atoms with Gasteiger partial charge < -0.3 is 9.73 Å². The summed E-state index contributed by atoms with van der Waals surface area (Å²) in [5.74, 6) is 6.03. The van der Waals surface area contributed by atoms with Crippen molar-refractivity contribution in [1.82, 2.24) is 5.32 Å². The summed E-state index contributed by atoms with van der Waals surface area (Å²) in [5, 5.41) is 3.65. The van der Waals surface area contributed by atoms with Gasteiger partial charge in [0.2, 0.25) is 0 Å². The molecule has 0 aliphatic rings. The molecule has 0 spiro atoms. The third-order valence-corrected chi connectivity index (χ3v) is 1.96. The van der Waals surface area contributed by atoms with Crippen LogP contribution in [0, 0.1) is 17.7 Å². The number of rotatable bonds is 1. The molecule has 0 saturated heterocycles. The highest BCUT2D eigenvalue weighted by molar-refractivity contribution is 5.78. The van der Waals surface area contributed by atoms with Crippen LogP contribution >= 0.6 is 0 Å². The second-order valence-electron chi connectivity index (χ2n) is 3.12. The molecule has 0 atom stereocenters. The highest BCUT2D eigenvalue weighted by Crippen LogP contribution is 2.19. The van der Waals surface area contributed by atoms with Crippen LogP contribution in [0.25, 0.3) is 11.0 Å². The molecule has 1 aromatic heterocycles. The molecule has 0 aliphatic carbocycles. The first-order valence-electron chi connectivity index (χ1n) is 4.62. The standard InChI is InChI=1S/C12H10FNO/c1-14-6-2-3-11-8-9-7-10(13)4-5-12(9)15-11/h4-5,7-8,14H,6H2,1H3. The van der Waals surface area contributed by atoms with E-state index in [1.54, 1.807) is 12.1 Å². The lowest BCUT2D eigenvalue weighted by molar-refractivity contribution is 0.597. The Morgan fingerprint density at radius 3 is 3.07 bits per heavy atom. The van der Waals surface area contributed by atoms with Crippen molar-refractivity contribution in [3.8, 4) is 11.8 Å². The zero-order valence-electron chi connectivity index (χ0n) is 8.30. The van der Waals surface area contributed by atoms with Gasteiger partial charge in [-0.15, -0.1) is 0 Å². The summed E-state index contributed by atoms with van der Waals surface area (Å²) in [6.07, 6.45) is 0. The normalized spacial score (nSPS) is 10.0. The van der Waals surface area contributed by atoms with Crippen LogP contribution in [0.5, 0.6) is 0 Å². The summed E-state index contributed by atoms with van der Waals surface area (Å²) in [6.45, 7) is 0.603. The molecule has 0 aliphatic heterocycles. The maximum Gasteiger partial charge on any atom is 0.178 e. The quantitative estimate of drug-likeness (QED) is 0.718. The van der Waals surface area contributed by atoms with Crippen LogP contribution < -0.4 is 5.32 Å². The number of fused-ring (bicyclic) bond motifs is 1. The van der Waals surface area contributed by atoms with Crippen molar-refractivity contribution in [2.75, 3.05) is 13.6 Å². The number of benzene rings is 1. The van der Waals surface area contributed by atoms with Gasteiger partial charge in [-0.3, -0.25) is 0 Å². The summed E-state index contributed by atoms with van der Waals surface area (Å²) in [4.78, 5) is 0. The summed E-state index contributed by atoms with van der Waals surface area (Å²) >= 11 is 0. The zero-order valence-corrected chi connectivity index (χ0v) is 8.30. The Kier molecular flexibility index (Phi) is 2.70. The van der Waals surface area contributed by atoms with Gasteiger partial charge >= 0.3 is 0 Å². The zero-order chi connectivity index (χ0) is 10.7. The van der Waals surface area contributed by atoms with Crippen LogP contribution in [0.4, 0.5) is 4.39 Å². The average Bonchev–Trinajstić information content (AvgIpc) is 2.60. The molecule has 2 rings (SSSR count). The van der Waals surface area contributed by atoms with Crippen molar-refractivity contribution < 1.29 is 8.81 Å². The van der Waals surface area contributed by atoms with Crippen molar-refractivity contribution in [2.45, 2.75) is 0 Å². The van der Waals surface area contributed by atoms with Crippen LogP contribution in [0.15, 0.2) is 28.7 Å². The first-order valence-corrected chi connectivity index (χ1v) is 4.62. The fourth-order valence-corrected chi connectivity index (χ4v) is 1.30. The topological polar surface area (TPSA) is 25.2 Å². The molecule has 0 radical (unpaired) electrons. The van der Waals surface area contributed by atoms with Gasteiger partial charge in [0.05, 0.1) is 6.54 Å². The predicted octanol–water partition coefficient (Wildman–Crippen LogP) is 2.14. The third-order valence-electron chi connectivity index (χ3n) is 1.96. The third kappa shape index (κ3) is 2.17. The minimum Gasteiger partial charge on any atom is -0.448 e. The minimum atomic E-state index is -0.266. The van der Waals surface area contributed by atoms with Crippen LogP contribution in [0.2, 0.25) is 0 Å². The molecule has 0 fully saturated rings. The van der Waals surface area contributed by atoms with E-state index in [1.165, 1.54) is 12.1 Å². The lowest BCUT2D eigenvalue weighted by atomic mass is 10.2. The van der Waals surface area contributed by atoms with E-state index < -0.39 is 0 Å². The van der Waals surface area contributed by atoms with Gasteiger partial charge in [-0.05, 0) is 31.2 Å². The monoisotopic (exact) mass is 203 g/mol. The Balaban J connectivity index is 2.36. The number of furan rings is 1. The number of halogens is 1. The highest BCUT2D eigenvalue weighted by Gasteiger charge is 2.01. The van der Waals surface area contributed by atoms with Crippen molar-refractivity contribution in [3.63, 3.8) is 0 Å². The molecule has 76 valence electrons. The van der Waals surface area contributed by atoms with Crippen molar-refractivity contribution in [3.05, 3.63) is 35.8 Å².